The fourth-order valence-corrected chi connectivity index (χ4v) is 2.04. The Hall–Kier alpha value is -2.17. The van der Waals surface area contributed by atoms with Crippen molar-refractivity contribution in [2.45, 2.75) is 33.6 Å². The summed E-state index contributed by atoms with van der Waals surface area (Å²) >= 11 is 0. The van der Waals surface area contributed by atoms with Gasteiger partial charge in [-0.2, -0.15) is 0 Å². The summed E-state index contributed by atoms with van der Waals surface area (Å²) in [5.41, 5.74) is 1.20. The van der Waals surface area contributed by atoms with Gasteiger partial charge in [0.05, 0.1) is 0 Å². The van der Waals surface area contributed by atoms with E-state index in [2.05, 4.69) is 6.92 Å². The van der Waals surface area contributed by atoms with Gasteiger partial charge in [-0.15, -0.1) is 0 Å². The maximum absolute atomic E-state index is 12.2. The minimum atomic E-state index is -0.201. The van der Waals surface area contributed by atoms with Crippen molar-refractivity contribution < 1.29 is 14.4 Å². The van der Waals surface area contributed by atoms with Gasteiger partial charge in [-0.05, 0) is 37.6 Å². The summed E-state index contributed by atoms with van der Waals surface area (Å²) in [5.74, 6) is -0.330. The van der Waals surface area contributed by atoms with Crippen LogP contribution in [0.25, 0.3) is 0 Å². The normalized spacial score (nSPS) is 10.2. The molecule has 0 radical (unpaired) electrons. The van der Waals surface area contributed by atoms with E-state index in [1.54, 1.807) is 36.2 Å². The molecule has 2 amide bonds. The summed E-state index contributed by atoms with van der Waals surface area (Å²) in [4.78, 5) is 38.4. The summed E-state index contributed by atoms with van der Waals surface area (Å²) in [5, 5.41) is 0. The highest BCUT2D eigenvalue weighted by atomic mass is 16.2. The number of likely N-dealkylation sites (N-methyl/N-ethyl adjacent to an activating group) is 1. The Labute approximate surface area is 131 Å². The van der Waals surface area contributed by atoms with E-state index in [4.69, 9.17) is 0 Å². The standard InChI is InChI=1S/C17H24N2O3/c1-5-6-11-18(4)17(22)12-19(14(3)21)16-9-7-15(8-10-16)13(2)20/h7-10H,5-6,11-12H2,1-4H3. The average Bonchev–Trinajstić information content (AvgIpc) is 2.49. The van der Waals surface area contributed by atoms with Gasteiger partial charge < -0.3 is 9.80 Å². The summed E-state index contributed by atoms with van der Waals surface area (Å²) in [6.45, 7) is 5.68. The summed E-state index contributed by atoms with van der Waals surface area (Å²) in [6, 6.07) is 6.71. The first kappa shape index (κ1) is 17.9. The third-order valence-corrected chi connectivity index (χ3v) is 3.53. The molecule has 0 saturated carbocycles. The maximum Gasteiger partial charge on any atom is 0.242 e. The number of hydrogen-bond acceptors (Lipinski definition) is 3. The number of rotatable bonds is 7. The lowest BCUT2D eigenvalue weighted by atomic mass is 10.1. The highest BCUT2D eigenvalue weighted by Gasteiger charge is 2.18. The predicted molar refractivity (Wildman–Crippen MR) is 87.0 cm³/mol. The molecular weight excluding hydrogens is 280 g/mol. The monoisotopic (exact) mass is 304 g/mol. The zero-order valence-electron chi connectivity index (χ0n) is 13.8. The van der Waals surface area contributed by atoms with Gasteiger partial charge in [-0.1, -0.05) is 13.3 Å². The van der Waals surface area contributed by atoms with Crippen molar-refractivity contribution in [1.82, 2.24) is 4.90 Å². The lowest BCUT2D eigenvalue weighted by Crippen LogP contribution is -2.41. The van der Waals surface area contributed by atoms with E-state index in [1.165, 1.54) is 18.7 Å². The molecule has 0 unspecified atom stereocenters. The summed E-state index contributed by atoms with van der Waals surface area (Å²) < 4.78 is 0. The Morgan fingerprint density at radius 3 is 2.09 bits per heavy atom. The number of anilines is 1. The molecule has 120 valence electrons. The van der Waals surface area contributed by atoms with E-state index in [0.29, 0.717) is 17.8 Å². The molecule has 22 heavy (non-hydrogen) atoms. The number of unbranched alkanes of at least 4 members (excludes halogenated alkanes) is 1. The molecule has 0 N–H and O–H groups in total. The van der Waals surface area contributed by atoms with E-state index in [1.807, 2.05) is 0 Å². The molecule has 5 nitrogen and oxygen atoms in total. The molecular formula is C17H24N2O3. The second-order valence-electron chi connectivity index (χ2n) is 5.38. The van der Waals surface area contributed by atoms with E-state index in [0.717, 1.165) is 12.8 Å². The number of carbonyl (C=O) groups is 3. The maximum atomic E-state index is 12.2. The second-order valence-corrected chi connectivity index (χ2v) is 5.38. The smallest absolute Gasteiger partial charge is 0.242 e. The third-order valence-electron chi connectivity index (χ3n) is 3.53. The predicted octanol–water partition coefficient (Wildman–Crippen LogP) is 2.50. The van der Waals surface area contributed by atoms with Gasteiger partial charge in [0.2, 0.25) is 11.8 Å². The van der Waals surface area contributed by atoms with Crippen LogP contribution in [-0.2, 0) is 9.59 Å². The van der Waals surface area contributed by atoms with Crippen molar-refractivity contribution in [3.05, 3.63) is 29.8 Å². The molecule has 0 spiro atoms. The van der Waals surface area contributed by atoms with E-state index < -0.39 is 0 Å². The van der Waals surface area contributed by atoms with Gasteiger partial charge in [0, 0.05) is 31.8 Å². The van der Waals surface area contributed by atoms with Crippen molar-refractivity contribution in [3.8, 4) is 0 Å². The molecule has 0 saturated heterocycles. The Morgan fingerprint density at radius 2 is 1.64 bits per heavy atom. The molecule has 0 aromatic heterocycles. The molecule has 5 heteroatoms. The van der Waals surface area contributed by atoms with Gasteiger partial charge in [-0.25, -0.2) is 0 Å². The summed E-state index contributed by atoms with van der Waals surface area (Å²) in [7, 11) is 1.75. The van der Waals surface area contributed by atoms with Crippen LogP contribution < -0.4 is 4.90 Å². The first-order valence-corrected chi connectivity index (χ1v) is 7.49. The molecule has 1 aromatic rings. The topological polar surface area (TPSA) is 57.7 Å². The zero-order chi connectivity index (χ0) is 16.7. The van der Waals surface area contributed by atoms with Crippen LogP contribution >= 0.6 is 0 Å². The fraction of sp³-hybridized carbons (Fsp3) is 0.471. The largest absolute Gasteiger partial charge is 0.344 e. The Morgan fingerprint density at radius 1 is 1.05 bits per heavy atom. The number of benzene rings is 1. The lowest BCUT2D eigenvalue weighted by molar-refractivity contribution is -0.130. The van der Waals surface area contributed by atoms with E-state index in [-0.39, 0.29) is 24.1 Å². The van der Waals surface area contributed by atoms with Gasteiger partial charge in [-0.3, -0.25) is 14.4 Å². The summed E-state index contributed by atoms with van der Waals surface area (Å²) in [6.07, 6.45) is 1.95. The van der Waals surface area contributed by atoms with Gasteiger partial charge in [0.1, 0.15) is 6.54 Å². The number of hydrogen-bond donors (Lipinski definition) is 0. The quantitative estimate of drug-likeness (QED) is 0.727. The van der Waals surface area contributed by atoms with Gasteiger partial charge >= 0.3 is 0 Å². The van der Waals surface area contributed by atoms with Crippen LogP contribution in [0.15, 0.2) is 24.3 Å². The zero-order valence-corrected chi connectivity index (χ0v) is 13.8. The molecule has 0 aliphatic heterocycles. The number of ketones is 1. The third kappa shape index (κ3) is 4.98. The van der Waals surface area contributed by atoms with Gasteiger partial charge in [0.15, 0.2) is 5.78 Å². The van der Waals surface area contributed by atoms with Crippen LogP contribution in [0.4, 0.5) is 5.69 Å². The average molecular weight is 304 g/mol. The van der Waals surface area contributed by atoms with Crippen molar-refractivity contribution >= 4 is 23.3 Å². The highest BCUT2D eigenvalue weighted by Crippen LogP contribution is 2.16. The molecule has 0 bridgehead atoms. The lowest BCUT2D eigenvalue weighted by Gasteiger charge is -2.24. The molecule has 1 aromatic carbocycles. The van der Waals surface area contributed by atoms with Crippen molar-refractivity contribution in [3.63, 3.8) is 0 Å². The molecule has 0 aliphatic rings. The van der Waals surface area contributed by atoms with Crippen LogP contribution in [0.1, 0.15) is 44.0 Å². The van der Waals surface area contributed by atoms with Crippen LogP contribution in [0, 0.1) is 0 Å². The molecule has 0 fully saturated rings. The van der Waals surface area contributed by atoms with E-state index in [9.17, 15) is 14.4 Å². The number of carbonyl (C=O) groups excluding carboxylic acids is 3. The minimum absolute atomic E-state index is 0.00889. The van der Waals surface area contributed by atoms with E-state index >= 15 is 0 Å². The Bertz CT molecular complexity index is 537. The fourth-order valence-electron chi connectivity index (χ4n) is 2.04. The first-order chi connectivity index (χ1) is 10.4. The molecule has 0 aliphatic carbocycles. The Kier molecular flexibility index (Phi) is 6.76. The van der Waals surface area contributed by atoms with Crippen LogP contribution in [0.2, 0.25) is 0 Å². The van der Waals surface area contributed by atoms with Crippen LogP contribution in [0.3, 0.4) is 0 Å². The SMILES string of the molecule is CCCCN(C)C(=O)CN(C(C)=O)c1ccc(C(C)=O)cc1. The number of amides is 2. The minimum Gasteiger partial charge on any atom is -0.344 e. The molecule has 0 atom stereocenters. The first-order valence-electron chi connectivity index (χ1n) is 7.49. The van der Waals surface area contributed by atoms with Crippen LogP contribution in [0.5, 0.6) is 0 Å². The van der Waals surface area contributed by atoms with Crippen molar-refractivity contribution in [1.29, 1.82) is 0 Å². The van der Waals surface area contributed by atoms with Crippen molar-refractivity contribution in [2.75, 3.05) is 25.0 Å². The van der Waals surface area contributed by atoms with Crippen LogP contribution in [-0.4, -0.2) is 42.6 Å². The number of nitrogens with zero attached hydrogens (tertiary/aromatic N) is 2. The van der Waals surface area contributed by atoms with Crippen molar-refractivity contribution in [2.24, 2.45) is 0 Å². The molecule has 1 rings (SSSR count). The molecule has 0 heterocycles. The Balaban J connectivity index is 2.83. The van der Waals surface area contributed by atoms with Gasteiger partial charge in [0.25, 0.3) is 0 Å². The second kappa shape index (κ2) is 8.32. The number of Topliss-reactive ketones (excluding diaryl/α,β-unsaturated/α-hetero) is 1. The highest BCUT2D eigenvalue weighted by molar-refractivity contribution is 5.98.